The van der Waals surface area contributed by atoms with E-state index < -0.39 is 10.8 Å². The Balaban J connectivity index is 2.05. The third kappa shape index (κ3) is 4.44. The fourth-order valence-corrected chi connectivity index (χ4v) is 3.06. The maximum Gasteiger partial charge on any atom is 0.287 e. The molecule has 2 rings (SSSR count). The third-order valence-corrected chi connectivity index (χ3v) is 4.20. The second kappa shape index (κ2) is 6.91. The summed E-state index contributed by atoms with van der Waals surface area (Å²) in [5.41, 5.74) is 0. The summed E-state index contributed by atoms with van der Waals surface area (Å²) in [6.07, 6.45) is 0. The molecule has 21 heavy (non-hydrogen) atoms. The summed E-state index contributed by atoms with van der Waals surface area (Å²) >= 11 is 5.88. The van der Waals surface area contributed by atoms with Crippen molar-refractivity contribution in [1.82, 2.24) is 5.32 Å². The lowest BCUT2D eigenvalue weighted by molar-refractivity contribution is 0.0913. The van der Waals surface area contributed by atoms with Crippen molar-refractivity contribution in [2.75, 3.05) is 0 Å². The largest absolute Gasteiger partial charge is 0.455 e. The van der Waals surface area contributed by atoms with E-state index in [4.69, 9.17) is 16.0 Å². The number of hydrogen-bond donors (Lipinski definition) is 1. The highest BCUT2D eigenvalue weighted by atomic mass is 35.5. The van der Waals surface area contributed by atoms with Gasteiger partial charge in [-0.3, -0.25) is 9.00 Å². The highest BCUT2D eigenvalue weighted by Crippen LogP contribution is 2.18. The van der Waals surface area contributed by atoms with E-state index in [9.17, 15) is 9.00 Å². The molecule has 0 fully saturated rings. The number of rotatable bonds is 5. The van der Waals surface area contributed by atoms with Gasteiger partial charge in [0.1, 0.15) is 5.76 Å². The highest BCUT2D eigenvalue weighted by molar-refractivity contribution is 7.84. The lowest BCUT2D eigenvalue weighted by Gasteiger charge is -2.05. The van der Waals surface area contributed by atoms with Crippen LogP contribution in [-0.4, -0.2) is 16.2 Å². The van der Waals surface area contributed by atoms with Crippen molar-refractivity contribution < 1.29 is 13.4 Å². The van der Waals surface area contributed by atoms with Gasteiger partial charge in [0, 0.05) is 16.0 Å². The van der Waals surface area contributed by atoms with Crippen LogP contribution >= 0.6 is 11.6 Å². The third-order valence-electron chi connectivity index (χ3n) is 2.64. The van der Waals surface area contributed by atoms with Crippen molar-refractivity contribution in [1.29, 1.82) is 0 Å². The van der Waals surface area contributed by atoms with Gasteiger partial charge in [0.25, 0.3) is 5.91 Å². The van der Waals surface area contributed by atoms with Crippen LogP contribution in [0, 0.1) is 0 Å². The normalized spacial score (nSPS) is 12.4. The Kier molecular flexibility index (Phi) is 5.20. The van der Waals surface area contributed by atoms with Gasteiger partial charge in [-0.25, -0.2) is 0 Å². The van der Waals surface area contributed by atoms with Gasteiger partial charge in [0.15, 0.2) is 5.76 Å². The van der Waals surface area contributed by atoms with Gasteiger partial charge in [-0.2, -0.15) is 0 Å². The zero-order chi connectivity index (χ0) is 15.4. The number of halogens is 1. The molecule has 1 amide bonds. The van der Waals surface area contributed by atoms with Crippen molar-refractivity contribution in [3.63, 3.8) is 0 Å². The molecule has 6 heteroatoms. The Morgan fingerprint density at radius 2 is 2.10 bits per heavy atom. The molecular formula is C15H16ClNO3S. The van der Waals surface area contributed by atoms with Crippen LogP contribution in [0.2, 0.25) is 5.02 Å². The molecule has 2 aromatic rings. The van der Waals surface area contributed by atoms with E-state index in [-0.39, 0.29) is 23.5 Å². The number of amides is 1. The van der Waals surface area contributed by atoms with Crippen molar-refractivity contribution in [3.8, 4) is 0 Å². The molecule has 0 spiro atoms. The Morgan fingerprint density at radius 1 is 1.33 bits per heavy atom. The van der Waals surface area contributed by atoms with Crippen LogP contribution in [0.1, 0.15) is 30.2 Å². The number of carbonyl (C=O) groups excluding carboxylic acids is 1. The van der Waals surface area contributed by atoms with Crippen LogP contribution in [0.15, 0.2) is 45.7 Å². The Labute approximate surface area is 130 Å². The van der Waals surface area contributed by atoms with Gasteiger partial charge in [0.2, 0.25) is 0 Å². The monoisotopic (exact) mass is 325 g/mol. The van der Waals surface area contributed by atoms with Gasteiger partial charge in [0.05, 0.1) is 16.6 Å². The minimum Gasteiger partial charge on any atom is -0.455 e. The number of carbonyl (C=O) groups is 1. The van der Waals surface area contributed by atoms with Crippen LogP contribution in [0.3, 0.4) is 0 Å². The molecule has 0 aliphatic carbocycles. The number of benzene rings is 1. The second-order valence-corrected chi connectivity index (χ2v) is 6.73. The highest BCUT2D eigenvalue weighted by Gasteiger charge is 2.14. The van der Waals surface area contributed by atoms with Crippen LogP contribution in [0.5, 0.6) is 0 Å². The SMILES string of the molecule is CC(C)NC(=O)c1ccc(C[S@@](=O)c2cccc(Cl)c2)o1. The van der Waals surface area contributed by atoms with Crippen molar-refractivity contribution in [2.24, 2.45) is 0 Å². The van der Waals surface area contributed by atoms with Crippen molar-refractivity contribution >= 4 is 28.3 Å². The first-order chi connectivity index (χ1) is 9.95. The summed E-state index contributed by atoms with van der Waals surface area (Å²) in [5.74, 6) is 0.656. The topological polar surface area (TPSA) is 59.3 Å². The summed E-state index contributed by atoms with van der Waals surface area (Å²) in [6, 6.07) is 10.2. The molecule has 1 N–H and O–H groups in total. The molecule has 0 aliphatic heterocycles. The van der Waals surface area contributed by atoms with E-state index in [1.807, 2.05) is 13.8 Å². The molecule has 0 aliphatic rings. The molecule has 0 saturated carbocycles. The number of furan rings is 1. The van der Waals surface area contributed by atoms with Gasteiger partial charge < -0.3 is 9.73 Å². The minimum absolute atomic E-state index is 0.0339. The van der Waals surface area contributed by atoms with E-state index in [2.05, 4.69) is 5.32 Å². The first kappa shape index (κ1) is 15.8. The Morgan fingerprint density at radius 3 is 2.76 bits per heavy atom. The van der Waals surface area contributed by atoms with Crippen LogP contribution < -0.4 is 5.32 Å². The first-order valence-corrected chi connectivity index (χ1v) is 8.19. The van der Waals surface area contributed by atoms with E-state index in [1.165, 1.54) is 0 Å². The Hall–Kier alpha value is -1.59. The minimum atomic E-state index is -1.27. The standard InChI is InChI=1S/C15H16ClNO3S/c1-10(2)17-15(18)14-7-6-12(20-14)9-21(19)13-5-3-4-11(16)8-13/h3-8,10H,9H2,1-2H3,(H,17,18)/t21-/m1/s1. The van der Waals surface area contributed by atoms with E-state index in [1.54, 1.807) is 36.4 Å². The predicted octanol–water partition coefficient (Wildman–Crippen LogP) is 3.38. The van der Waals surface area contributed by atoms with Gasteiger partial charge in [-0.05, 0) is 44.2 Å². The molecule has 1 aromatic carbocycles. The van der Waals surface area contributed by atoms with Crippen molar-refractivity contribution in [3.05, 3.63) is 52.9 Å². The molecular weight excluding hydrogens is 310 g/mol. The smallest absolute Gasteiger partial charge is 0.287 e. The van der Waals surface area contributed by atoms with Crippen LogP contribution in [0.4, 0.5) is 0 Å². The second-order valence-electron chi connectivity index (χ2n) is 4.84. The fourth-order valence-electron chi connectivity index (χ4n) is 1.73. The molecule has 0 bridgehead atoms. The molecule has 1 atom stereocenters. The van der Waals surface area contributed by atoms with Crippen molar-refractivity contribution in [2.45, 2.75) is 30.5 Å². The van der Waals surface area contributed by atoms with E-state index >= 15 is 0 Å². The zero-order valence-electron chi connectivity index (χ0n) is 11.8. The maximum absolute atomic E-state index is 12.2. The molecule has 112 valence electrons. The molecule has 1 heterocycles. The molecule has 0 unspecified atom stereocenters. The zero-order valence-corrected chi connectivity index (χ0v) is 13.3. The number of nitrogens with one attached hydrogen (secondary N) is 1. The lowest BCUT2D eigenvalue weighted by atomic mass is 10.3. The molecule has 1 aromatic heterocycles. The van der Waals surface area contributed by atoms with Crippen LogP contribution in [0.25, 0.3) is 0 Å². The van der Waals surface area contributed by atoms with Gasteiger partial charge in [-0.15, -0.1) is 0 Å². The number of hydrogen-bond acceptors (Lipinski definition) is 3. The lowest BCUT2D eigenvalue weighted by Crippen LogP contribution is -2.29. The summed E-state index contributed by atoms with van der Waals surface area (Å²) in [5, 5.41) is 3.28. The van der Waals surface area contributed by atoms with Gasteiger partial charge >= 0.3 is 0 Å². The molecule has 0 radical (unpaired) electrons. The average Bonchev–Trinajstić information content (AvgIpc) is 2.86. The maximum atomic E-state index is 12.2. The van der Waals surface area contributed by atoms with E-state index in [0.717, 1.165) is 0 Å². The molecule has 0 saturated heterocycles. The fraction of sp³-hybridized carbons (Fsp3) is 0.267. The van der Waals surface area contributed by atoms with Crippen LogP contribution in [-0.2, 0) is 16.6 Å². The summed E-state index contributed by atoms with van der Waals surface area (Å²) in [6.45, 7) is 3.74. The summed E-state index contributed by atoms with van der Waals surface area (Å²) in [7, 11) is -1.27. The Bertz CT molecular complexity index is 666. The first-order valence-electron chi connectivity index (χ1n) is 6.49. The van der Waals surface area contributed by atoms with Gasteiger partial charge in [-0.1, -0.05) is 17.7 Å². The van der Waals surface area contributed by atoms with E-state index in [0.29, 0.717) is 15.7 Å². The quantitative estimate of drug-likeness (QED) is 0.916. The summed E-state index contributed by atoms with van der Waals surface area (Å²) < 4.78 is 17.6. The predicted molar refractivity (Wildman–Crippen MR) is 82.9 cm³/mol. The molecule has 4 nitrogen and oxygen atoms in total. The summed E-state index contributed by atoms with van der Waals surface area (Å²) in [4.78, 5) is 12.4. The average molecular weight is 326 g/mol.